The molecule has 2 atom stereocenters. The molecule has 0 aliphatic rings. The van der Waals surface area contributed by atoms with Crippen molar-refractivity contribution in [1.82, 2.24) is 15.3 Å². The van der Waals surface area contributed by atoms with Crippen molar-refractivity contribution in [2.75, 3.05) is 21.3 Å². The van der Waals surface area contributed by atoms with Crippen LogP contribution in [-0.2, 0) is 4.74 Å². The van der Waals surface area contributed by atoms with Gasteiger partial charge in [0.2, 0.25) is 5.88 Å². The Morgan fingerprint density at radius 1 is 1.24 bits per heavy atom. The summed E-state index contributed by atoms with van der Waals surface area (Å²) < 4.78 is 10.5. The second-order valence-electron chi connectivity index (χ2n) is 3.92. The SMILES string of the molecule is CNC(CCC(C)OC)c1nccnc1OC. The summed E-state index contributed by atoms with van der Waals surface area (Å²) in [5, 5.41) is 3.23. The molecular weight excluding hydrogens is 218 g/mol. The maximum Gasteiger partial charge on any atom is 0.236 e. The van der Waals surface area contributed by atoms with Crippen LogP contribution in [0.4, 0.5) is 0 Å². The molecule has 1 heterocycles. The number of rotatable bonds is 7. The van der Waals surface area contributed by atoms with Gasteiger partial charge in [-0.15, -0.1) is 0 Å². The summed E-state index contributed by atoms with van der Waals surface area (Å²) in [6, 6.07) is 0.135. The highest BCUT2D eigenvalue weighted by molar-refractivity contribution is 5.21. The van der Waals surface area contributed by atoms with E-state index in [1.807, 2.05) is 7.05 Å². The molecule has 0 aliphatic carbocycles. The zero-order chi connectivity index (χ0) is 12.7. The number of aromatic nitrogens is 2. The van der Waals surface area contributed by atoms with E-state index in [0.717, 1.165) is 18.5 Å². The van der Waals surface area contributed by atoms with Crippen LogP contribution in [0, 0.1) is 0 Å². The summed E-state index contributed by atoms with van der Waals surface area (Å²) in [4.78, 5) is 8.49. The van der Waals surface area contributed by atoms with E-state index < -0.39 is 0 Å². The molecule has 2 unspecified atom stereocenters. The van der Waals surface area contributed by atoms with Gasteiger partial charge in [0.1, 0.15) is 5.69 Å². The third-order valence-corrected chi connectivity index (χ3v) is 2.83. The third kappa shape index (κ3) is 3.94. The average Bonchev–Trinajstić information content (AvgIpc) is 2.39. The van der Waals surface area contributed by atoms with Crippen molar-refractivity contribution < 1.29 is 9.47 Å². The molecule has 0 amide bonds. The smallest absolute Gasteiger partial charge is 0.236 e. The van der Waals surface area contributed by atoms with Crippen molar-refractivity contribution in [1.29, 1.82) is 0 Å². The van der Waals surface area contributed by atoms with E-state index in [0.29, 0.717) is 5.88 Å². The van der Waals surface area contributed by atoms with Gasteiger partial charge in [0.25, 0.3) is 0 Å². The number of hydrogen-bond donors (Lipinski definition) is 1. The Bertz CT molecular complexity index is 333. The van der Waals surface area contributed by atoms with E-state index in [2.05, 4.69) is 22.2 Å². The van der Waals surface area contributed by atoms with Gasteiger partial charge in [0.15, 0.2) is 0 Å². The summed E-state index contributed by atoms with van der Waals surface area (Å²) in [7, 11) is 5.25. The molecule has 0 aromatic carbocycles. The predicted octanol–water partition coefficient (Wildman–Crippen LogP) is 1.56. The largest absolute Gasteiger partial charge is 0.480 e. The lowest BCUT2D eigenvalue weighted by Crippen LogP contribution is -2.20. The van der Waals surface area contributed by atoms with Crippen LogP contribution in [0.15, 0.2) is 12.4 Å². The number of hydrogen-bond acceptors (Lipinski definition) is 5. The van der Waals surface area contributed by atoms with Crippen molar-refractivity contribution in [3.8, 4) is 5.88 Å². The fraction of sp³-hybridized carbons (Fsp3) is 0.667. The third-order valence-electron chi connectivity index (χ3n) is 2.83. The molecule has 0 bridgehead atoms. The summed E-state index contributed by atoms with van der Waals surface area (Å²) in [5.41, 5.74) is 0.848. The second-order valence-corrected chi connectivity index (χ2v) is 3.92. The van der Waals surface area contributed by atoms with Crippen LogP contribution in [0.25, 0.3) is 0 Å². The van der Waals surface area contributed by atoms with E-state index in [9.17, 15) is 0 Å². The Labute approximate surface area is 103 Å². The molecule has 1 N–H and O–H groups in total. The zero-order valence-electron chi connectivity index (χ0n) is 10.9. The highest BCUT2D eigenvalue weighted by Crippen LogP contribution is 2.24. The minimum Gasteiger partial charge on any atom is -0.480 e. The monoisotopic (exact) mass is 239 g/mol. The van der Waals surface area contributed by atoms with Gasteiger partial charge >= 0.3 is 0 Å². The van der Waals surface area contributed by atoms with Gasteiger partial charge in [-0.3, -0.25) is 4.98 Å². The molecule has 0 saturated heterocycles. The first-order valence-corrected chi connectivity index (χ1v) is 5.77. The van der Waals surface area contributed by atoms with E-state index in [-0.39, 0.29) is 12.1 Å². The molecule has 5 nitrogen and oxygen atoms in total. The summed E-state index contributed by atoms with van der Waals surface area (Å²) in [6.07, 6.45) is 5.45. The maximum absolute atomic E-state index is 5.24. The number of nitrogens with zero attached hydrogens (tertiary/aromatic N) is 2. The Morgan fingerprint density at radius 2 is 1.94 bits per heavy atom. The molecular formula is C12H21N3O2. The average molecular weight is 239 g/mol. The van der Waals surface area contributed by atoms with Crippen LogP contribution in [-0.4, -0.2) is 37.3 Å². The molecule has 0 saturated carbocycles. The van der Waals surface area contributed by atoms with Crippen molar-refractivity contribution in [3.63, 3.8) is 0 Å². The lowest BCUT2D eigenvalue weighted by molar-refractivity contribution is 0.106. The first-order chi connectivity index (χ1) is 8.22. The first-order valence-electron chi connectivity index (χ1n) is 5.77. The van der Waals surface area contributed by atoms with Crippen molar-refractivity contribution in [2.24, 2.45) is 0 Å². The molecule has 0 radical (unpaired) electrons. The molecule has 0 spiro atoms. The molecule has 1 aromatic rings. The fourth-order valence-electron chi connectivity index (χ4n) is 1.67. The molecule has 0 aliphatic heterocycles. The minimum atomic E-state index is 0.135. The van der Waals surface area contributed by atoms with Gasteiger partial charge in [-0.25, -0.2) is 4.98 Å². The number of ether oxygens (including phenoxy) is 2. The van der Waals surface area contributed by atoms with Crippen molar-refractivity contribution >= 4 is 0 Å². The van der Waals surface area contributed by atoms with E-state index in [1.165, 1.54) is 0 Å². The maximum atomic E-state index is 5.24. The number of methoxy groups -OCH3 is 2. The Kier molecular flexibility index (Phi) is 5.86. The van der Waals surface area contributed by atoms with Gasteiger partial charge in [-0.2, -0.15) is 0 Å². The second kappa shape index (κ2) is 7.19. The molecule has 17 heavy (non-hydrogen) atoms. The molecule has 1 aromatic heterocycles. The van der Waals surface area contributed by atoms with Crippen LogP contribution in [0.5, 0.6) is 5.88 Å². The van der Waals surface area contributed by atoms with Crippen LogP contribution in [0.1, 0.15) is 31.5 Å². The van der Waals surface area contributed by atoms with Crippen LogP contribution in [0.2, 0.25) is 0 Å². The quantitative estimate of drug-likeness (QED) is 0.782. The van der Waals surface area contributed by atoms with Gasteiger partial charge in [0.05, 0.1) is 19.3 Å². The van der Waals surface area contributed by atoms with Crippen molar-refractivity contribution in [3.05, 3.63) is 18.1 Å². The van der Waals surface area contributed by atoms with Crippen molar-refractivity contribution in [2.45, 2.75) is 31.9 Å². The molecule has 96 valence electrons. The highest BCUT2D eigenvalue weighted by Gasteiger charge is 2.17. The van der Waals surface area contributed by atoms with E-state index in [1.54, 1.807) is 26.6 Å². The zero-order valence-corrected chi connectivity index (χ0v) is 10.9. The summed E-state index contributed by atoms with van der Waals surface area (Å²) in [5.74, 6) is 0.580. The van der Waals surface area contributed by atoms with Gasteiger partial charge in [0, 0.05) is 19.5 Å². The highest BCUT2D eigenvalue weighted by atomic mass is 16.5. The molecule has 5 heteroatoms. The first kappa shape index (κ1) is 13.9. The lowest BCUT2D eigenvalue weighted by atomic mass is 10.1. The standard InChI is InChI=1S/C12H21N3O2/c1-9(16-3)5-6-10(13-2)11-12(17-4)15-8-7-14-11/h7-10,13H,5-6H2,1-4H3. The molecule has 1 rings (SSSR count). The Morgan fingerprint density at radius 3 is 2.53 bits per heavy atom. The van der Waals surface area contributed by atoms with Crippen LogP contribution < -0.4 is 10.1 Å². The predicted molar refractivity (Wildman–Crippen MR) is 66.1 cm³/mol. The Balaban J connectivity index is 2.72. The van der Waals surface area contributed by atoms with Gasteiger partial charge in [-0.05, 0) is 26.8 Å². The molecule has 0 fully saturated rings. The summed E-state index contributed by atoms with van der Waals surface area (Å²) >= 11 is 0. The van der Waals surface area contributed by atoms with Gasteiger partial charge < -0.3 is 14.8 Å². The lowest BCUT2D eigenvalue weighted by Gasteiger charge is -2.18. The number of nitrogens with one attached hydrogen (secondary N) is 1. The Hall–Kier alpha value is -1.20. The van der Waals surface area contributed by atoms with E-state index in [4.69, 9.17) is 9.47 Å². The van der Waals surface area contributed by atoms with E-state index >= 15 is 0 Å². The normalized spacial score (nSPS) is 14.4. The van der Waals surface area contributed by atoms with Crippen LogP contribution >= 0.6 is 0 Å². The van der Waals surface area contributed by atoms with Crippen LogP contribution in [0.3, 0.4) is 0 Å². The topological polar surface area (TPSA) is 56.3 Å². The van der Waals surface area contributed by atoms with Gasteiger partial charge in [-0.1, -0.05) is 0 Å². The minimum absolute atomic E-state index is 0.135. The summed E-state index contributed by atoms with van der Waals surface area (Å²) in [6.45, 7) is 2.06. The fourth-order valence-corrected chi connectivity index (χ4v) is 1.67.